The summed E-state index contributed by atoms with van der Waals surface area (Å²) in [6.07, 6.45) is -1.52. The molecular weight excluding hydrogens is 529 g/mol. The first-order chi connectivity index (χ1) is 18.1. The molecule has 10 heteroatoms. The number of esters is 1. The predicted octanol–water partition coefficient (Wildman–Crippen LogP) is 6.95. The van der Waals surface area contributed by atoms with E-state index in [9.17, 15) is 26.4 Å². The highest BCUT2D eigenvalue weighted by molar-refractivity contribution is 7.89. The van der Waals surface area contributed by atoms with Crippen LogP contribution in [0.3, 0.4) is 0 Å². The topological polar surface area (TPSA) is 76.6 Å². The van der Waals surface area contributed by atoms with Crippen molar-refractivity contribution in [3.63, 3.8) is 0 Å². The number of aryl methyl sites for hydroxylation is 1. The average molecular weight is 563 g/mol. The number of rotatable bonds is 9. The van der Waals surface area contributed by atoms with E-state index < -0.39 is 44.3 Å². The van der Waals surface area contributed by atoms with Crippen molar-refractivity contribution in [2.75, 3.05) is 6.54 Å². The number of carbonyl (C=O) groups is 1. The second-order valence-corrected chi connectivity index (χ2v) is 12.2. The van der Waals surface area contributed by atoms with Crippen LogP contribution in [0, 0.1) is 6.92 Å². The molecule has 3 aromatic rings. The van der Waals surface area contributed by atoms with Gasteiger partial charge in [0.1, 0.15) is 5.60 Å². The van der Waals surface area contributed by atoms with Gasteiger partial charge in [-0.2, -0.15) is 17.5 Å². The van der Waals surface area contributed by atoms with E-state index in [1.54, 1.807) is 52.2 Å². The maximum absolute atomic E-state index is 13.8. The Bertz CT molecular complexity index is 1420. The van der Waals surface area contributed by atoms with E-state index in [1.807, 2.05) is 25.1 Å². The van der Waals surface area contributed by atoms with Crippen LogP contribution in [0.5, 0.6) is 0 Å². The summed E-state index contributed by atoms with van der Waals surface area (Å²) in [4.78, 5) is 15.5. The van der Waals surface area contributed by atoms with Gasteiger partial charge in [0.2, 0.25) is 10.0 Å². The molecule has 39 heavy (non-hydrogen) atoms. The summed E-state index contributed by atoms with van der Waals surface area (Å²) in [7, 11) is -4.63. The number of nitrogens with zero attached hydrogens (tertiary/aromatic N) is 2. The van der Waals surface area contributed by atoms with Gasteiger partial charge in [-0.3, -0.25) is 9.78 Å². The SMILES string of the molecule is Cc1cnccc1-c1cccc([C@H](C)N(CCCC(=O)OC(C)(C)C)S(=O)(=O)c2ccccc2C(F)(F)F)c1. The minimum atomic E-state index is -4.87. The number of carbonyl (C=O) groups excluding carboxylic acids is 1. The summed E-state index contributed by atoms with van der Waals surface area (Å²) >= 11 is 0. The monoisotopic (exact) mass is 562 g/mol. The third kappa shape index (κ3) is 7.67. The molecule has 0 bridgehead atoms. The molecule has 0 aliphatic heterocycles. The fraction of sp³-hybridized carbons (Fsp3) is 0.379. The van der Waals surface area contributed by atoms with Crippen molar-refractivity contribution in [2.45, 2.75) is 70.2 Å². The van der Waals surface area contributed by atoms with Gasteiger partial charge in [0, 0.05) is 31.4 Å². The molecule has 3 rings (SSSR count). The highest BCUT2D eigenvalue weighted by Crippen LogP contribution is 2.38. The fourth-order valence-electron chi connectivity index (χ4n) is 4.28. The van der Waals surface area contributed by atoms with Crippen molar-refractivity contribution in [1.29, 1.82) is 0 Å². The zero-order chi connectivity index (χ0) is 29.0. The van der Waals surface area contributed by atoms with Gasteiger partial charge in [-0.25, -0.2) is 8.42 Å². The third-order valence-corrected chi connectivity index (χ3v) is 8.12. The Morgan fingerprint density at radius 2 is 1.74 bits per heavy atom. The molecule has 1 atom stereocenters. The van der Waals surface area contributed by atoms with Crippen LogP contribution in [0.4, 0.5) is 13.2 Å². The first-order valence-electron chi connectivity index (χ1n) is 12.5. The van der Waals surface area contributed by atoms with Crippen LogP contribution in [0.2, 0.25) is 0 Å². The molecule has 6 nitrogen and oxygen atoms in total. The maximum atomic E-state index is 13.8. The van der Waals surface area contributed by atoms with Gasteiger partial charge in [-0.05, 0) is 87.6 Å². The Labute approximate surface area is 227 Å². The van der Waals surface area contributed by atoms with E-state index in [2.05, 4.69) is 4.98 Å². The van der Waals surface area contributed by atoms with Crippen molar-refractivity contribution in [1.82, 2.24) is 9.29 Å². The Hall–Kier alpha value is -3.24. The summed E-state index contributed by atoms with van der Waals surface area (Å²) in [5.41, 5.74) is 1.28. The van der Waals surface area contributed by atoms with Gasteiger partial charge in [0.25, 0.3) is 0 Å². The number of halogens is 3. The van der Waals surface area contributed by atoms with E-state index in [0.717, 1.165) is 39.2 Å². The van der Waals surface area contributed by atoms with E-state index in [4.69, 9.17) is 4.74 Å². The van der Waals surface area contributed by atoms with Gasteiger partial charge >= 0.3 is 12.1 Å². The Balaban J connectivity index is 2.02. The van der Waals surface area contributed by atoms with Crippen molar-refractivity contribution < 1.29 is 31.1 Å². The van der Waals surface area contributed by atoms with Crippen LogP contribution in [0.25, 0.3) is 11.1 Å². The molecule has 0 fully saturated rings. The summed E-state index contributed by atoms with van der Waals surface area (Å²) in [6, 6.07) is 12.3. The van der Waals surface area contributed by atoms with Gasteiger partial charge in [-0.1, -0.05) is 30.3 Å². The molecule has 0 N–H and O–H groups in total. The minimum absolute atomic E-state index is 0.0653. The van der Waals surface area contributed by atoms with Crippen molar-refractivity contribution in [3.8, 4) is 11.1 Å². The lowest BCUT2D eigenvalue weighted by Crippen LogP contribution is -2.36. The van der Waals surface area contributed by atoms with Crippen LogP contribution in [-0.4, -0.2) is 35.8 Å². The van der Waals surface area contributed by atoms with Crippen molar-refractivity contribution in [3.05, 3.63) is 83.7 Å². The molecule has 210 valence electrons. The summed E-state index contributed by atoms with van der Waals surface area (Å²) < 4.78 is 75.4. The lowest BCUT2D eigenvalue weighted by molar-refractivity contribution is -0.155. The van der Waals surface area contributed by atoms with E-state index in [-0.39, 0.29) is 19.4 Å². The van der Waals surface area contributed by atoms with Gasteiger partial charge in [-0.15, -0.1) is 0 Å². The largest absolute Gasteiger partial charge is 0.460 e. The maximum Gasteiger partial charge on any atom is 0.417 e. The zero-order valence-corrected chi connectivity index (χ0v) is 23.4. The van der Waals surface area contributed by atoms with E-state index in [0.29, 0.717) is 5.56 Å². The lowest BCUT2D eigenvalue weighted by Gasteiger charge is -2.30. The normalized spacial score (nSPS) is 13.4. The molecule has 0 saturated carbocycles. The summed E-state index contributed by atoms with van der Waals surface area (Å²) in [5.74, 6) is -0.515. The number of sulfonamides is 1. The Kier molecular flexibility index (Phi) is 9.23. The molecule has 1 aromatic heterocycles. The second kappa shape index (κ2) is 11.9. The summed E-state index contributed by atoms with van der Waals surface area (Å²) in [5, 5.41) is 0. The van der Waals surface area contributed by atoms with E-state index in [1.165, 1.54) is 6.07 Å². The van der Waals surface area contributed by atoms with Crippen LogP contribution >= 0.6 is 0 Å². The number of hydrogen-bond donors (Lipinski definition) is 0. The summed E-state index contributed by atoms with van der Waals surface area (Å²) in [6.45, 7) is 8.49. The molecule has 0 aliphatic rings. The number of alkyl halides is 3. The molecule has 0 saturated heterocycles. The molecule has 2 aromatic carbocycles. The Morgan fingerprint density at radius 1 is 1.05 bits per heavy atom. The van der Waals surface area contributed by atoms with Crippen LogP contribution in [0.15, 0.2) is 71.9 Å². The third-order valence-electron chi connectivity index (χ3n) is 6.09. The molecule has 0 spiro atoms. The Morgan fingerprint density at radius 3 is 2.38 bits per heavy atom. The van der Waals surface area contributed by atoms with Crippen molar-refractivity contribution >= 4 is 16.0 Å². The highest BCUT2D eigenvalue weighted by atomic mass is 32.2. The molecule has 0 unspecified atom stereocenters. The second-order valence-electron chi connectivity index (χ2n) is 10.3. The van der Waals surface area contributed by atoms with Gasteiger partial charge in [0.15, 0.2) is 0 Å². The first kappa shape index (κ1) is 30.3. The van der Waals surface area contributed by atoms with Gasteiger partial charge in [0.05, 0.1) is 10.5 Å². The van der Waals surface area contributed by atoms with Crippen LogP contribution in [-0.2, 0) is 25.7 Å². The van der Waals surface area contributed by atoms with Crippen LogP contribution in [0.1, 0.15) is 63.3 Å². The predicted molar refractivity (Wildman–Crippen MR) is 143 cm³/mol. The van der Waals surface area contributed by atoms with E-state index >= 15 is 0 Å². The highest BCUT2D eigenvalue weighted by Gasteiger charge is 2.40. The number of benzene rings is 2. The number of pyridine rings is 1. The number of aromatic nitrogens is 1. The zero-order valence-electron chi connectivity index (χ0n) is 22.6. The minimum Gasteiger partial charge on any atom is -0.460 e. The molecule has 0 aliphatic carbocycles. The lowest BCUT2D eigenvalue weighted by atomic mass is 9.98. The number of hydrogen-bond acceptors (Lipinski definition) is 5. The molecule has 0 radical (unpaired) electrons. The number of ether oxygens (including phenoxy) is 1. The fourth-order valence-corrected chi connectivity index (χ4v) is 6.15. The average Bonchev–Trinajstić information content (AvgIpc) is 2.85. The van der Waals surface area contributed by atoms with Crippen molar-refractivity contribution in [2.24, 2.45) is 0 Å². The van der Waals surface area contributed by atoms with Crippen LogP contribution < -0.4 is 0 Å². The quantitative estimate of drug-likeness (QED) is 0.264. The molecular formula is C29H33F3N2O4S. The standard InChI is InChI=1S/C29H33F3N2O4S/c1-20-19-33-16-15-24(20)23-11-8-10-22(18-23)21(2)34(17-9-14-27(35)38-28(3,4)5)39(36,37)26-13-7-6-12-25(26)29(30,31)32/h6-8,10-13,15-16,18-19,21H,9,14,17H2,1-5H3/t21-/m0/s1. The van der Waals surface area contributed by atoms with Gasteiger partial charge < -0.3 is 4.74 Å². The smallest absolute Gasteiger partial charge is 0.417 e. The first-order valence-corrected chi connectivity index (χ1v) is 14.0. The molecule has 0 amide bonds. The molecule has 1 heterocycles.